The van der Waals surface area contributed by atoms with Crippen LogP contribution in [0.4, 0.5) is 14.5 Å². The van der Waals surface area contributed by atoms with Crippen molar-refractivity contribution >= 4 is 16.6 Å². The number of nitrogens with zero attached hydrogens (tertiary/aromatic N) is 2. The number of rotatable bonds is 5. The molecule has 23 heavy (non-hydrogen) atoms. The van der Waals surface area contributed by atoms with Gasteiger partial charge in [0.25, 0.3) is 0 Å². The van der Waals surface area contributed by atoms with Crippen molar-refractivity contribution in [3.63, 3.8) is 0 Å². The van der Waals surface area contributed by atoms with Gasteiger partial charge in [-0.25, -0.2) is 8.78 Å². The Kier molecular flexibility index (Phi) is 4.46. The van der Waals surface area contributed by atoms with Crippen LogP contribution in [0.3, 0.4) is 0 Å². The molecule has 1 N–H and O–H groups in total. The molecule has 0 aliphatic rings. The van der Waals surface area contributed by atoms with Crippen LogP contribution in [0.5, 0.6) is 0 Å². The summed E-state index contributed by atoms with van der Waals surface area (Å²) in [4.78, 5) is 8.39. The molecule has 0 aliphatic carbocycles. The van der Waals surface area contributed by atoms with Crippen LogP contribution in [0.25, 0.3) is 10.9 Å². The number of pyridine rings is 2. The topological polar surface area (TPSA) is 37.8 Å². The third kappa shape index (κ3) is 3.44. The van der Waals surface area contributed by atoms with Crippen LogP contribution in [0.1, 0.15) is 18.3 Å². The van der Waals surface area contributed by atoms with E-state index in [0.717, 1.165) is 41.0 Å². The van der Waals surface area contributed by atoms with Gasteiger partial charge < -0.3 is 5.32 Å². The van der Waals surface area contributed by atoms with Crippen LogP contribution < -0.4 is 5.32 Å². The Morgan fingerprint density at radius 3 is 2.74 bits per heavy atom. The molecule has 1 aromatic carbocycles. The highest BCUT2D eigenvalue weighted by atomic mass is 19.1. The van der Waals surface area contributed by atoms with Gasteiger partial charge in [-0.15, -0.1) is 0 Å². The molecule has 0 unspecified atom stereocenters. The number of hydrogen-bond acceptors (Lipinski definition) is 3. The molecule has 2 aromatic heterocycles. The number of aryl methyl sites for hydroxylation is 1. The molecule has 0 aliphatic heterocycles. The maximum Gasteiger partial charge on any atom is 0.147 e. The van der Waals surface area contributed by atoms with Gasteiger partial charge in [0.15, 0.2) is 0 Å². The minimum absolute atomic E-state index is 0.257. The molecule has 0 radical (unpaired) electrons. The predicted octanol–water partition coefficient (Wildman–Crippen LogP) is 4.13. The third-order valence-corrected chi connectivity index (χ3v) is 3.69. The largest absolute Gasteiger partial charge is 0.384 e. The monoisotopic (exact) mass is 313 g/mol. The van der Waals surface area contributed by atoms with Crippen LogP contribution in [0.15, 0.2) is 42.6 Å². The fourth-order valence-electron chi connectivity index (χ4n) is 2.50. The van der Waals surface area contributed by atoms with Gasteiger partial charge in [-0.05, 0) is 18.6 Å². The molecule has 118 valence electrons. The Morgan fingerprint density at radius 2 is 1.96 bits per heavy atom. The quantitative estimate of drug-likeness (QED) is 0.770. The summed E-state index contributed by atoms with van der Waals surface area (Å²) in [6.07, 6.45) is 2.26. The minimum atomic E-state index is -0.660. The fraction of sp³-hybridized carbons (Fsp3) is 0.222. The van der Waals surface area contributed by atoms with Crippen molar-refractivity contribution in [3.8, 4) is 0 Å². The first-order valence-electron chi connectivity index (χ1n) is 7.60. The van der Waals surface area contributed by atoms with Gasteiger partial charge in [-0.2, -0.15) is 0 Å². The second-order valence-electron chi connectivity index (χ2n) is 5.29. The van der Waals surface area contributed by atoms with Gasteiger partial charge in [-0.1, -0.05) is 25.1 Å². The van der Waals surface area contributed by atoms with Gasteiger partial charge in [0, 0.05) is 35.8 Å². The molecule has 3 nitrogen and oxygen atoms in total. The van der Waals surface area contributed by atoms with E-state index in [1.54, 1.807) is 0 Å². The first-order chi connectivity index (χ1) is 11.2. The van der Waals surface area contributed by atoms with Gasteiger partial charge in [0.1, 0.15) is 11.6 Å². The number of benzene rings is 1. The molecule has 0 bridgehead atoms. The Labute approximate surface area is 133 Å². The van der Waals surface area contributed by atoms with Crippen molar-refractivity contribution in [3.05, 3.63) is 65.6 Å². The zero-order valence-electron chi connectivity index (χ0n) is 12.8. The number of anilines is 1. The summed E-state index contributed by atoms with van der Waals surface area (Å²) >= 11 is 0. The van der Waals surface area contributed by atoms with Gasteiger partial charge in [0.2, 0.25) is 0 Å². The van der Waals surface area contributed by atoms with Crippen molar-refractivity contribution in [2.75, 3.05) is 11.9 Å². The van der Waals surface area contributed by atoms with E-state index < -0.39 is 11.6 Å². The summed E-state index contributed by atoms with van der Waals surface area (Å²) in [5.74, 6) is -1.27. The number of halogens is 2. The standard InChI is InChI=1S/C18H17F2N3/c1-2-13-10-18(14-5-3-4-6-16(14)23-13)21-8-7-17-15(20)9-12(19)11-22-17/h3-6,9-11H,2,7-8H2,1H3,(H,21,23). The van der Waals surface area contributed by atoms with Crippen molar-refractivity contribution in [1.82, 2.24) is 9.97 Å². The molecule has 0 saturated heterocycles. The summed E-state index contributed by atoms with van der Waals surface area (Å²) in [6, 6.07) is 10.8. The Morgan fingerprint density at radius 1 is 1.13 bits per heavy atom. The summed E-state index contributed by atoms with van der Waals surface area (Å²) in [5, 5.41) is 4.34. The Balaban J connectivity index is 1.78. The third-order valence-electron chi connectivity index (χ3n) is 3.69. The number of nitrogens with one attached hydrogen (secondary N) is 1. The van der Waals surface area contributed by atoms with Crippen molar-refractivity contribution in [2.45, 2.75) is 19.8 Å². The van der Waals surface area contributed by atoms with E-state index in [0.29, 0.717) is 13.0 Å². The molecule has 0 atom stereocenters. The first-order valence-corrected chi connectivity index (χ1v) is 7.60. The Hall–Kier alpha value is -2.56. The van der Waals surface area contributed by atoms with Gasteiger partial charge in [0.05, 0.1) is 17.4 Å². The van der Waals surface area contributed by atoms with E-state index in [1.807, 2.05) is 30.3 Å². The molecule has 5 heteroatoms. The van der Waals surface area contributed by atoms with Crippen LogP contribution in [-0.2, 0) is 12.8 Å². The van der Waals surface area contributed by atoms with Crippen molar-refractivity contribution in [2.24, 2.45) is 0 Å². The first kappa shape index (κ1) is 15.3. The van der Waals surface area contributed by atoms with Crippen LogP contribution in [-0.4, -0.2) is 16.5 Å². The van der Waals surface area contributed by atoms with Crippen LogP contribution in [0, 0.1) is 11.6 Å². The summed E-state index contributed by atoms with van der Waals surface area (Å²) < 4.78 is 26.5. The second-order valence-corrected chi connectivity index (χ2v) is 5.29. The van der Waals surface area contributed by atoms with Crippen LogP contribution >= 0.6 is 0 Å². The SMILES string of the molecule is CCc1cc(NCCc2ncc(F)cc2F)c2ccccc2n1. The highest BCUT2D eigenvalue weighted by Crippen LogP contribution is 2.23. The van der Waals surface area contributed by atoms with E-state index >= 15 is 0 Å². The predicted molar refractivity (Wildman–Crippen MR) is 87.5 cm³/mol. The Bertz CT molecular complexity index is 834. The summed E-state index contributed by atoms with van der Waals surface area (Å²) in [6.45, 7) is 2.56. The van der Waals surface area contributed by atoms with Gasteiger partial charge in [-0.3, -0.25) is 9.97 Å². The molecule has 2 heterocycles. The zero-order valence-corrected chi connectivity index (χ0v) is 12.8. The molecule has 3 aromatic rings. The molecule has 0 fully saturated rings. The lowest BCUT2D eigenvalue weighted by Crippen LogP contribution is -2.09. The number of para-hydroxylation sites is 1. The van der Waals surface area contributed by atoms with E-state index in [4.69, 9.17) is 0 Å². The van der Waals surface area contributed by atoms with Crippen LogP contribution in [0.2, 0.25) is 0 Å². The van der Waals surface area contributed by atoms with E-state index in [1.165, 1.54) is 0 Å². The summed E-state index contributed by atoms with van der Waals surface area (Å²) in [5.41, 5.74) is 3.15. The molecule has 0 spiro atoms. The number of fused-ring (bicyclic) bond motifs is 1. The lowest BCUT2D eigenvalue weighted by Gasteiger charge is -2.11. The number of aromatic nitrogens is 2. The average molecular weight is 313 g/mol. The highest BCUT2D eigenvalue weighted by Gasteiger charge is 2.07. The summed E-state index contributed by atoms with van der Waals surface area (Å²) in [7, 11) is 0. The van der Waals surface area contributed by atoms with Gasteiger partial charge >= 0.3 is 0 Å². The molecule has 3 rings (SSSR count). The average Bonchev–Trinajstić information content (AvgIpc) is 2.56. The second kappa shape index (κ2) is 6.69. The zero-order chi connectivity index (χ0) is 16.2. The smallest absolute Gasteiger partial charge is 0.147 e. The molecule has 0 saturated carbocycles. The normalized spacial score (nSPS) is 10.9. The maximum atomic E-state index is 13.6. The van der Waals surface area contributed by atoms with Crippen molar-refractivity contribution in [1.29, 1.82) is 0 Å². The maximum absolute atomic E-state index is 13.6. The van der Waals surface area contributed by atoms with E-state index in [9.17, 15) is 8.78 Å². The lowest BCUT2D eigenvalue weighted by atomic mass is 10.1. The molecular weight excluding hydrogens is 296 g/mol. The van der Waals surface area contributed by atoms with E-state index in [-0.39, 0.29) is 5.69 Å². The highest BCUT2D eigenvalue weighted by molar-refractivity contribution is 5.91. The van der Waals surface area contributed by atoms with E-state index in [2.05, 4.69) is 22.2 Å². The minimum Gasteiger partial charge on any atom is -0.384 e. The molecular formula is C18H17F2N3. The number of hydrogen-bond donors (Lipinski definition) is 1. The fourth-order valence-corrected chi connectivity index (χ4v) is 2.50. The van der Waals surface area contributed by atoms with Crippen molar-refractivity contribution < 1.29 is 8.78 Å². The molecule has 0 amide bonds. The lowest BCUT2D eigenvalue weighted by molar-refractivity contribution is 0.558.